The maximum Gasteiger partial charge on any atom is 0.144 e. The van der Waals surface area contributed by atoms with Crippen molar-refractivity contribution in [2.75, 3.05) is 5.32 Å². The lowest BCUT2D eigenvalue weighted by Crippen LogP contribution is -2.14. The number of hydrogen-bond donors (Lipinski definition) is 1. The Bertz CT molecular complexity index is 248. The summed E-state index contributed by atoms with van der Waals surface area (Å²) >= 11 is 0. The van der Waals surface area contributed by atoms with Gasteiger partial charge in [0.25, 0.3) is 0 Å². The molecule has 12 heavy (non-hydrogen) atoms. The Morgan fingerprint density at radius 3 is 2.83 bits per heavy atom. The Morgan fingerprint density at radius 2 is 2.25 bits per heavy atom. The summed E-state index contributed by atoms with van der Waals surface area (Å²) in [6.45, 7) is 0. The van der Waals surface area contributed by atoms with Gasteiger partial charge in [0.05, 0.1) is 6.33 Å². The van der Waals surface area contributed by atoms with E-state index < -0.39 is 0 Å². The fraction of sp³-hybridized carbons (Fsp3) is 0.667. The molecule has 1 heterocycles. The Hall–Kier alpha value is -0.990. The van der Waals surface area contributed by atoms with Crippen LogP contribution in [0.4, 0.5) is 5.82 Å². The fourth-order valence-corrected chi connectivity index (χ4v) is 1.77. The molecular weight excluding hydrogens is 150 g/mol. The van der Waals surface area contributed by atoms with Gasteiger partial charge in [0, 0.05) is 19.3 Å². The minimum atomic E-state index is 0.667. The highest BCUT2D eigenvalue weighted by Gasteiger charge is 2.14. The van der Waals surface area contributed by atoms with Gasteiger partial charge < -0.3 is 9.88 Å². The average Bonchev–Trinajstić information content (AvgIpc) is 2.63. The predicted molar refractivity (Wildman–Crippen MR) is 49.1 cm³/mol. The molecule has 0 amide bonds. The Labute approximate surface area is 72.8 Å². The summed E-state index contributed by atoms with van der Waals surface area (Å²) in [6.07, 6.45) is 9.19. The highest BCUT2D eigenvalue weighted by atomic mass is 15.1. The SMILES string of the molecule is Cn1cnc(NC2CCCC2)c1. The molecule has 1 aliphatic rings. The van der Waals surface area contributed by atoms with Crippen LogP contribution in [-0.4, -0.2) is 15.6 Å². The molecule has 0 aliphatic heterocycles. The maximum absolute atomic E-state index is 4.23. The third kappa shape index (κ3) is 1.60. The first-order valence-corrected chi connectivity index (χ1v) is 4.59. The van der Waals surface area contributed by atoms with Gasteiger partial charge in [0.1, 0.15) is 5.82 Å². The third-order valence-corrected chi connectivity index (χ3v) is 2.41. The zero-order valence-electron chi connectivity index (χ0n) is 7.45. The third-order valence-electron chi connectivity index (χ3n) is 2.41. The molecule has 2 rings (SSSR count). The van der Waals surface area contributed by atoms with Crippen molar-refractivity contribution >= 4 is 5.82 Å². The molecule has 1 aromatic rings. The van der Waals surface area contributed by atoms with E-state index in [1.807, 2.05) is 24.1 Å². The standard InChI is InChI=1S/C9H15N3/c1-12-6-9(10-7-12)11-8-4-2-3-5-8/h6-8,11H,2-5H2,1H3. The number of nitrogens with zero attached hydrogens (tertiary/aromatic N) is 2. The summed E-state index contributed by atoms with van der Waals surface area (Å²) in [5.41, 5.74) is 0. The van der Waals surface area contributed by atoms with Crippen molar-refractivity contribution in [3.63, 3.8) is 0 Å². The largest absolute Gasteiger partial charge is 0.366 e. The van der Waals surface area contributed by atoms with Crippen molar-refractivity contribution in [2.24, 2.45) is 7.05 Å². The number of nitrogens with one attached hydrogen (secondary N) is 1. The molecule has 0 saturated heterocycles. The molecule has 0 unspecified atom stereocenters. The highest BCUT2D eigenvalue weighted by Crippen LogP contribution is 2.20. The molecular formula is C9H15N3. The van der Waals surface area contributed by atoms with Crippen molar-refractivity contribution in [3.05, 3.63) is 12.5 Å². The van der Waals surface area contributed by atoms with Crippen molar-refractivity contribution in [3.8, 4) is 0 Å². The van der Waals surface area contributed by atoms with Gasteiger partial charge in [-0.25, -0.2) is 4.98 Å². The van der Waals surface area contributed by atoms with Gasteiger partial charge in [-0.3, -0.25) is 0 Å². The van der Waals surface area contributed by atoms with Crippen molar-refractivity contribution in [1.82, 2.24) is 9.55 Å². The number of hydrogen-bond acceptors (Lipinski definition) is 2. The van der Waals surface area contributed by atoms with Crippen molar-refractivity contribution < 1.29 is 0 Å². The monoisotopic (exact) mass is 165 g/mol. The number of aryl methyl sites for hydroxylation is 1. The molecule has 1 fully saturated rings. The van der Waals surface area contributed by atoms with E-state index in [9.17, 15) is 0 Å². The van der Waals surface area contributed by atoms with Crippen LogP contribution in [0.3, 0.4) is 0 Å². The van der Waals surface area contributed by atoms with Crippen LogP contribution in [-0.2, 0) is 7.05 Å². The van der Waals surface area contributed by atoms with Gasteiger partial charge in [-0.2, -0.15) is 0 Å². The van der Waals surface area contributed by atoms with Crippen LogP contribution in [0.1, 0.15) is 25.7 Å². The highest BCUT2D eigenvalue weighted by molar-refractivity contribution is 5.32. The topological polar surface area (TPSA) is 29.9 Å². The minimum Gasteiger partial charge on any atom is -0.366 e. The van der Waals surface area contributed by atoms with Crippen LogP contribution in [0.25, 0.3) is 0 Å². The van der Waals surface area contributed by atoms with E-state index in [2.05, 4.69) is 10.3 Å². The normalized spacial score (nSPS) is 18.4. The summed E-state index contributed by atoms with van der Waals surface area (Å²) in [5.74, 6) is 1.02. The van der Waals surface area contributed by atoms with E-state index in [1.54, 1.807) is 0 Å². The molecule has 0 radical (unpaired) electrons. The number of rotatable bonds is 2. The van der Waals surface area contributed by atoms with Crippen LogP contribution in [0, 0.1) is 0 Å². The first-order chi connectivity index (χ1) is 5.84. The van der Waals surface area contributed by atoms with E-state index in [0.29, 0.717) is 6.04 Å². The smallest absolute Gasteiger partial charge is 0.144 e. The lowest BCUT2D eigenvalue weighted by molar-refractivity contribution is 0.751. The molecule has 3 heteroatoms. The van der Waals surface area contributed by atoms with Crippen LogP contribution >= 0.6 is 0 Å². The van der Waals surface area contributed by atoms with Gasteiger partial charge in [0.15, 0.2) is 0 Å². The van der Waals surface area contributed by atoms with Gasteiger partial charge in [-0.15, -0.1) is 0 Å². The lowest BCUT2D eigenvalue weighted by Gasteiger charge is -2.09. The number of aromatic nitrogens is 2. The van der Waals surface area contributed by atoms with Crippen LogP contribution in [0.2, 0.25) is 0 Å². The van der Waals surface area contributed by atoms with Crippen molar-refractivity contribution in [2.45, 2.75) is 31.7 Å². The van der Waals surface area contributed by atoms with Gasteiger partial charge >= 0.3 is 0 Å². The minimum absolute atomic E-state index is 0.667. The van der Waals surface area contributed by atoms with Crippen LogP contribution in [0.15, 0.2) is 12.5 Å². The Kier molecular flexibility index (Phi) is 2.02. The van der Waals surface area contributed by atoms with E-state index in [-0.39, 0.29) is 0 Å². The summed E-state index contributed by atoms with van der Waals surface area (Å²) in [6, 6.07) is 0.667. The Morgan fingerprint density at radius 1 is 1.50 bits per heavy atom. The van der Waals surface area contributed by atoms with E-state index in [4.69, 9.17) is 0 Å². The number of imidazole rings is 1. The second kappa shape index (κ2) is 3.17. The van der Waals surface area contributed by atoms with Gasteiger partial charge in [0.2, 0.25) is 0 Å². The van der Waals surface area contributed by atoms with Crippen molar-refractivity contribution in [1.29, 1.82) is 0 Å². The zero-order chi connectivity index (χ0) is 8.39. The molecule has 0 aromatic carbocycles. The summed E-state index contributed by atoms with van der Waals surface area (Å²) < 4.78 is 1.97. The molecule has 1 saturated carbocycles. The zero-order valence-corrected chi connectivity index (χ0v) is 7.45. The van der Waals surface area contributed by atoms with E-state index in [1.165, 1.54) is 25.7 Å². The number of anilines is 1. The molecule has 0 atom stereocenters. The summed E-state index contributed by atoms with van der Waals surface area (Å²) in [5, 5.41) is 3.43. The maximum atomic E-state index is 4.23. The predicted octanol–water partition coefficient (Wildman–Crippen LogP) is 1.77. The molecule has 66 valence electrons. The van der Waals surface area contributed by atoms with Gasteiger partial charge in [-0.1, -0.05) is 12.8 Å². The second-order valence-corrected chi connectivity index (χ2v) is 3.55. The van der Waals surface area contributed by atoms with Crippen LogP contribution in [0.5, 0.6) is 0 Å². The van der Waals surface area contributed by atoms with E-state index in [0.717, 1.165) is 5.82 Å². The second-order valence-electron chi connectivity index (χ2n) is 3.55. The molecule has 3 nitrogen and oxygen atoms in total. The fourth-order valence-electron chi connectivity index (χ4n) is 1.77. The lowest BCUT2D eigenvalue weighted by atomic mass is 10.2. The molecule has 1 N–H and O–H groups in total. The first-order valence-electron chi connectivity index (χ1n) is 4.59. The van der Waals surface area contributed by atoms with E-state index >= 15 is 0 Å². The van der Waals surface area contributed by atoms with Gasteiger partial charge in [-0.05, 0) is 12.8 Å². The quantitative estimate of drug-likeness (QED) is 0.723. The molecule has 1 aliphatic carbocycles. The summed E-state index contributed by atoms with van der Waals surface area (Å²) in [7, 11) is 1.99. The molecule has 1 aromatic heterocycles. The Balaban J connectivity index is 1.94. The van der Waals surface area contributed by atoms with Crippen LogP contribution < -0.4 is 5.32 Å². The average molecular weight is 165 g/mol. The first kappa shape index (κ1) is 7.65. The molecule has 0 bridgehead atoms. The summed E-state index contributed by atoms with van der Waals surface area (Å²) in [4.78, 5) is 4.23. The molecule has 0 spiro atoms.